The fourth-order valence-electron chi connectivity index (χ4n) is 2.29. The molecule has 3 nitrogen and oxygen atoms in total. The molecule has 0 aromatic heterocycles. The third-order valence-electron chi connectivity index (χ3n) is 3.40. The lowest BCUT2D eigenvalue weighted by Gasteiger charge is -2.13. The fourth-order valence-corrected chi connectivity index (χ4v) is 2.29. The Morgan fingerprint density at radius 2 is 2.00 bits per heavy atom. The van der Waals surface area contributed by atoms with Gasteiger partial charge in [-0.1, -0.05) is 31.5 Å². The Hall–Kier alpha value is -1.51. The molecule has 0 heterocycles. The Morgan fingerprint density at radius 3 is 2.70 bits per heavy atom. The second kappa shape index (κ2) is 9.40. The predicted molar refractivity (Wildman–Crippen MR) is 84.1 cm³/mol. The molecule has 0 saturated heterocycles. The van der Waals surface area contributed by atoms with Crippen LogP contribution in [0.25, 0.3) is 0 Å². The standard InChI is InChI=1S/C17H27NO2/c1-4-15-11-9-10-14(3)17(15)18-13-8-6-7-12-16(19)20-5-2/h9-11,18H,4-8,12-13H2,1-3H3. The third-order valence-corrected chi connectivity index (χ3v) is 3.40. The first kappa shape index (κ1) is 16.5. The number of anilines is 1. The number of ether oxygens (including phenoxy) is 1. The summed E-state index contributed by atoms with van der Waals surface area (Å²) in [6, 6.07) is 6.43. The highest BCUT2D eigenvalue weighted by atomic mass is 16.5. The Kier molecular flexibility index (Phi) is 7.78. The summed E-state index contributed by atoms with van der Waals surface area (Å²) >= 11 is 0. The van der Waals surface area contributed by atoms with Crippen LogP contribution >= 0.6 is 0 Å². The number of carbonyl (C=O) groups excluding carboxylic acids is 1. The highest BCUT2D eigenvalue weighted by Gasteiger charge is 2.04. The van der Waals surface area contributed by atoms with Crippen molar-refractivity contribution in [3.63, 3.8) is 0 Å². The Labute approximate surface area is 122 Å². The SMILES string of the molecule is CCOC(=O)CCCCCNc1c(C)cccc1CC. The maximum Gasteiger partial charge on any atom is 0.305 e. The van der Waals surface area contributed by atoms with Crippen LogP contribution in [-0.2, 0) is 16.0 Å². The molecule has 0 spiro atoms. The van der Waals surface area contributed by atoms with Crippen LogP contribution in [0.5, 0.6) is 0 Å². The summed E-state index contributed by atoms with van der Waals surface area (Å²) in [5.74, 6) is -0.0763. The zero-order valence-electron chi connectivity index (χ0n) is 13.0. The first-order valence-electron chi connectivity index (χ1n) is 7.67. The largest absolute Gasteiger partial charge is 0.466 e. The summed E-state index contributed by atoms with van der Waals surface area (Å²) in [5, 5.41) is 3.53. The van der Waals surface area contributed by atoms with Gasteiger partial charge in [0.1, 0.15) is 0 Å². The van der Waals surface area contributed by atoms with Crippen LogP contribution in [-0.4, -0.2) is 19.1 Å². The maximum absolute atomic E-state index is 11.2. The summed E-state index contributed by atoms with van der Waals surface area (Å²) in [6.45, 7) is 7.60. The van der Waals surface area contributed by atoms with Gasteiger partial charge in [-0.3, -0.25) is 4.79 Å². The zero-order valence-corrected chi connectivity index (χ0v) is 13.0. The maximum atomic E-state index is 11.2. The summed E-state index contributed by atoms with van der Waals surface area (Å²) in [7, 11) is 0. The third kappa shape index (κ3) is 5.64. The number of aryl methyl sites for hydroxylation is 2. The van der Waals surface area contributed by atoms with Crippen molar-refractivity contribution in [1.29, 1.82) is 0 Å². The lowest BCUT2D eigenvalue weighted by atomic mass is 10.1. The van der Waals surface area contributed by atoms with Gasteiger partial charge in [-0.05, 0) is 44.2 Å². The molecule has 0 atom stereocenters. The molecule has 0 saturated carbocycles. The molecule has 0 bridgehead atoms. The van der Waals surface area contributed by atoms with Crippen molar-refractivity contribution in [1.82, 2.24) is 0 Å². The predicted octanol–water partition coefficient (Wildman–Crippen LogP) is 4.09. The van der Waals surface area contributed by atoms with Crippen molar-refractivity contribution in [3.8, 4) is 0 Å². The minimum Gasteiger partial charge on any atom is -0.466 e. The van der Waals surface area contributed by atoms with Crippen LogP contribution in [0.15, 0.2) is 18.2 Å². The number of para-hydroxylation sites is 1. The molecule has 0 amide bonds. The number of nitrogens with one attached hydrogen (secondary N) is 1. The molecule has 0 radical (unpaired) electrons. The van der Waals surface area contributed by atoms with Crippen LogP contribution in [0.3, 0.4) is 0 Å². The Morgan fingerprint density at radius 1 is 1.20 bits per heavy atom. The van der Waals surface area contributed by atoms with Crippen molar-refractivity contribution in [3.05, 3.63) is 29.3 Å². The van der Waals surface area contributed by atoms with E-state index in [9.17, 15) is 4.79 Å². The molecule has 0 aliphatic rings. The zero-order chi connectivity index (χ0) is 14.8. The van der Waals surface area contributed by atoms with Gasteiger partial charge in [0, 0.05) is 18.7 Å². The minimum absolute atomic E-state index is 0.0763. The van der Waals surface area contributed by atoms with Gasteiger partial charge >= 0.3 is 5.97 Å². The lowest BCUT2D eigenvalue weighted by molar-refractivity contribution is -0.143. The van der Waals surface area contributed by atoms with E-state index >= 15 is 0 Å². The van der Waals surface area contributed by atoms with Crippen molar-refractivity contribution in [2.45, 2.75) is 52.9 Å². The van der Waals surface area contributed by atoms with E-state index in [4.69, 9.17) is 4.74 Å². The number of carbonyl (C=O) groups is 1. The molecular formula is C17H27NO2. The van der Waals surface area contributed by atoms with Gasteiger partial charge in [-0.2, -0.15) is 0 Å². The van der Waals surface area contributed by atoms with Crippen LogP contribution in [0.2, 0.25) is 0 Å². The van der Waals surface area contributed by atoms with Gasteiger partial charge in [0.15, 0.2) is 0 Å². The Bertz CT molecular complexity index is 415. The number of esters is 1. The van der Waals surface area contributed by atoms with Crippen LogP contribution in [0.4, 0.5) is 5.69 Å². The van der Waals surface area contributed by atoms with Crippen molar-refractivity contribution in [2.24, 2.45) is 0 Å². The van der Waals surface area contributed by atoms with E-state index in [-0.39, 0.29) is 5.97 Å². The van der Waals surface area contributed by atoms with Gasteiger partial charge in [-0.25, -0.2) is 0 Å². The molecular weight excluding hydrogens is 250 g/mol. The molecule has 0 aliphatic heterocycles. The normalized spacial score (nSPS) is 10.3. The number of rotatable bonds is 9. The molecule has 0 aliphatic carbocycles. The summed E-state index contributed by atoms with van der Waals surface area (Å²) in [5.41, 5.74) is 3.95. The smallest absolute Gasteiger partial charge is 0.305 e. The molecule has 0 unspecified atom stereocenters. The highest BCUT2D eigenvalue weighted by Crippen LogP contribution is 2.21. The van der Waals surface area contributed by atoms with E-state index < -0.39 is 0 Å². The number of hydrogen-bond acceptors (Lipinski definition) is 3. The van der Waals surface area contributed by atoms with Crippen LogP contribution < -0.4 is 5.32 Å². The van der Waals surface area contributed by atoms with Gasteiger partial charge in [0.2, 0.25) is 0 Å². The number of unbranched alkanes of at least 4 members (excludes halogenated alkanes) is 2. The first-order valence-corrected chi connectivity index (χ1v) is 7.67. The van der Waals surface area contributed by atoms with E-state index in [1.165, 1.54) is 16.8 Å². The van der Waals surface area contributed by atoms with Crippen LogP contribution in [0.1, 0.15) is 50.7 Å². The van der Waals surface area contributed by atoms with Gasteiger partial charge in [0.05, 0.1) is 6.61 Å². The summed E-state index contributed by atoms with van der Waals surface area (Å²) < 4.78 is 4.91. The second-order valence-corrected chi connectivity index (χ2v) is 5.01. The molecule has 3 heteroatoms. The van der Waals surface area contributed by atoms with Gasteiger partial charge in [-0.15, -0.1) is 0 Å². The van der Waals surface area contributed by atoms with E-state index in [1.807, 2.05) is 6.92 Å². The quantitative estimate of drug-likeness (QED) is 0.545. The van der Waals surface area contributed by atoms with Crippen molar-refractivity contribution < 1.29 is 9.53 Å². The van der Waals surface area contributed by atoms with E-state index in [0.717, 1.165) is 32.2 Å². The molecule has 1 rings (SSSR count). The molecule has 112 valence electrons. The van der Waals surface area contributed by atoms with Crippen LogP contribution in [0, 0.1) is 6.92 Å². The Balaban J connectivity index is 2.23. The molecule has 0 fully saturated rings. The number of hydrogen-bond donors (Lipinski definition) is 1. The molecule has 20 heavy (non-hydrogen) atoms. The van der Waals surface area contributed by atoms with E-state index in [2.05, 4.69) is 37.4 Å². The van der Waals surface area contributed by atoms with E-state index in [1.54, 1.807) is 0 Å². The minimum atomic E-state index is -0.0763. The first-order chi connectivity index (χ1) is 9.69. The highest BCUT2D eigenvalue weighted by molar-refractivity contribution is 5.69. The second-order valence-electron chi connectivity index (χ2n) is 5.01. The number of benzene rings is 1. The summed E-state index contributed by atoms with van der Waals surface area (Å²) in [6.07, 6.45) is 4.64. The summed E-state index contributed by atoms with van der Waals surface area (Å²) in [4.78, 5) is 11.2. The van der Waals surface area contributed by atoms with Gasteiger partial charge < -0.3 is 10.1 Å². The van der Waals surface area contributed by atoms with E-state index in [0.29, 0.717) is 13.0 Å². The van der Waals surface area contributed by atoms with Gasteiger partial charge in [0.25, 0.3) is 0 Å². The average molecular weight is 277 g/mol. The molecule has 1 aromatic rings. The molecule has 1 aromatic carbocycles. The fraction of sp³-hybridized carbons (Fsp3) is 0.588. The average Bonchev–Trinajstić information content (AvgIpc) is 2.44. The van der Waals surface area contributed by atoms with Crippen molar-refractivity contribution >= 4 is 11.7 Å². The lowest BCUT2D eigenvalue weighted by Crippen LogP contribution is -2.07. The monoisotopic (exact) mass is 277 g/mol. The molecule has 1 N–H and O–H groups in total. The van der Waals surface area contributed by atoms with Crippen molar-refractivity contribution in [2.75, 3.05) is 18.5 Å². The topological polar surface area (TPSA) is 38.3 Å².